The van der Waals surface area contributed by atoms with E-state index in [9.17, 15) is 9.90 Å². The Bertz CT molecular complexity index is 745. The lowest BCUT2D eigenvalue weighted by Crippen LogP contribution is -2.29. The van der Waals surface area contributed by atoms with Crippen LogP contribution in [0.4, 0.5) is 11.4 Å². The summed E-state index contributed by atoms with van der Waals surface area (Å²) in [6, 6.07) is 13.1. The van der Waals surface area contributed by atoms with Crippen LogP contribution < -0.4 is 14.4 Å². The highest BCUT2D eigenvalue weighted by molar-refractivity contribution is 8.00. The number of para-hydroxylation sites is 2. The van der Waals surface area contributed by atoms with E-state index in [1.807, 2.05) is 18.2 Å². The van der Waals surface area contributed by atoms with Gasteiger partial charge < -0.3 is 19.5 Å². The summed E-state index contributed by atoms with van der Waals surface area (Å²) in [5.41, 5.74) is 2.45. The number of hydrogen-bond donors (Lipinski definition) is 2. The molecule has 0 amide bonds. The maximum Gasteiger partial charge on any atom is 0.335 e. The van der Waals surface area contributed by atoms with Gasteiger partial charge in [0, 0.05) is 13.1 Å². The van der Waals surface area contributed by atoms with Crippen LogP contribution in [0.3, 0.4) is 0 Å². The van der Waals surface area contributed by atoms with E-state index in [4.69, 9.17) is 4.74 Å². The number of nitrogens with zero attached hydrogens (tertiary/aromatic N) is 1. The van der Waals surface area contributed by atoms with Gasteiger partial charge in [-0.3, -0.25) is 0 Å². The van der Waals surface area contributed by atoms with Gasteiger partial charge in [0.25, 0.3) is 0 Å². The van der Waals surface area contributed by atoms with Crippen molar-refractivity contribution in [2.45, 2.75) is 24.2 Å². The summed E-state index contributed by atoms with van der Waals surface area (Å²) in [5, 5.41) is 9.20. The summed E-state index contributed by atoms with van der Waals surface area (Å²) in [4.78, 5) is 14.4. The van der Waals surface area contributed by atoms with Crippen molar-refractivity contribution in [3.8, 4) is 5.75 Å². The molecule has 1 heterocycles. The fourth-order valence-electron chi connectivity index (χ4n) is 2.97. The molecule has 25 heavy (non-hydrogen) atoms. The second kappa shape index (κ2) is 8.16. The number of piperidine rings is 1. The topological polar surface area (TPSA) is 61.8 Å². The summed E-state index contributed by atoms with van der Waals surface area (Å²) in [5.74, 6) is -0.295. The summed E-state index contributed by atoms with van der Waals surface area (Å²) in [7, 11) is 1.58. The Morgan fingerprint density at radius 3 is 2.64 bits per heavy atom. The number of methoxy groups -OCH3 is 1. The van der Waals surface area contributed by atoms with E-state index >= 15 is 0 Å². The van der Waals surface area contributed by atoms with Gasteiger partial charge in [-0.2, -0.15) is 0 Å². The maximum absolute atomic E-state index is 11.2. The first-order chi connectivity index (χ1) is 12.2. The molecule has 3 rings (SSSR count). The molecule has 1 aliphatic rings. The van der Waals surface area contributed by atoms with Gasteiger partial charge >= 0.3 is 5.97 Å². The molecule has 5 nitrogen and oxygen atoms in total. The van der Waals surface area contributed by atoms with Gasteiger partial charge in [-0.05, 0) is 61.5 Å². The molecule has 1 fully saturated rings. The van der Waals surface area contributed by atoms with Crippen LogP contribution in [0.1, 0.15) is 29.6 Å². The highest BCUT2D eigenvalue weighted by Gasteiger charge is 2.15. The Balaban J connectivity index is 1.80. The van der Waals surface area contributed by atoms with Crippen molar-refractivity contribution in [1.82, 2.24) is 0 Å². The molecule has 1 aliphatic heterocycles. The molecule has 2 N–H and O–H groups in total. The van der Waals surface area contributed by atoms with Crippen LogP contribution in [0.25, 0.3) is 0 Å². The average Bonchev–Trinajstić information content (AvgIpc) is 2.67. The SMILES string of the molecule is COc1ccc(C(=O)O)cc1SNc1ccccc1N1CCCCC1. The van der Waals surface area contributed by atoms with Crippen LogP contribution in [0.5, 0.6) is 5.75 Å². The van der Waals surface area contributed by atoms with Crippen LogP contribution in [0.2, 0.25) is 0 Å². The average molecular weight is 358 g/mol. The molecule has 0 bridgehead atoms. The zero-order valence-electron chi connectivity index (χ0n) is 14.2. The molecule has 6 heteroatoms. The number of benzene rings is 2. The lowest BCUT2D eigenvalue weighted by Gasteiger charge is -2.30. The van der Waals surface area contributed by atoms with Crippen molar-refractivity contribution in [2.24, 2.45) is 0 Å². The number of carboxylic acids is 1. The predicted octanol–water partition coefficient (Wildman–Crippen LogP) is 4.50. The number of rotatable bonds is 6. The highest BCUT2D eigenvalue weighted by atomic mass is 32.2. The summed E-state index contributed by atoms with van der Waals surface area (Å²) >= 11 is 1.37. The minimum Gasteiger partial charge on any atom is -0.496 e. The van der Waals surface area contributed by atoms with Crippen LogP contribution in [0.15, 0.2) is 47.4 Å². The van der Waals surface area contributed by atoms with Gasteiger partial charge in [0.2, 0.25) is 0 Å². The molecular weight excluding hydrogens is 336 g/mol. The molecule has 0 radical (unpaired) electrons. The first kappa shape index (κ1) is 17.5. The first-order valence-corrected chi connectivity index (χ1v) is 9.19. The van der Waals surface area contributed by atoms with Gasteiger partial charge in [-0.1, -0.05) is 12.1 Å². The van der Waals surface area contributed by atoms with Gasteiger partial charge in [0.1, 0.15) is 5.75 Å². The third-order valence-corrected chi connectivity index (χ3v) is 5.14. The molecule has 2 aromatic rings. The summed E-state index contributed by atoms with van der Waals surface area (Å²) in [6.07, 6.45) is 3.73. The number of carbonyl (C=O) groups is 1. The molecule has 0 atom stereocenters. The molecule has 1 saturated heterocycles. The Hall–Kier alpha value is -2.34. The maximum atomic E-state index is 11.2. The molecule has 2 aromatic carbocycles. The predicted molar refractivity (Wildman–Crippen MR) is 102 cm³/mol. The monoisotopic (exact) mass is 358 g/mol. The molecular formula is C19H22N2O3S. The number of ether oxygens (including phenoxy) is 1. The number of hydrogen-bond acceptors (Lipinski definition) is 5. The van der Waals surface area contributed by atoms with E-state index in [2.05, 4.69) is 15.7 Å². The quantitative estimate of drug-likeness (QED) is 0.741. The van der Waals surface area contributed by atoms with Gasteiger partial charge in [0.05, 0.1) is 28.9 Å². The van der Waals surface area contributed by atoms with Gasteiger partial charge in [0.15, 0.2) is 0 Å². The third-order valence-electron chi connectivity index (χ3n) is 4.28. The molecule has 132 valence electrons. The van der Waals surface area contributed by atoms with Crippen molar-refractivity contribution < 1.29 is 14.6 Å². The van der Waals surface area contributed by atoms with E-state index in [1.165, 1.54) is 36.9 Å². The fraction of sp³-hybridized carbons (Fsp3) is 0.316. The van der Waals surface area contributed by atoms with Crippen molar-refractivity contribution in [1.29, 1.82) is 0 Å². The van der Waals surface area contributed by atoms with Crippen LogP contribution in [0, 0.1) is 0 Å². The zero-order chi connectivity index (χ0) is 17.6. The molecule has 0 aliphatic carbocycles. The van der Waals surface area contributed by atoms with Crippen LogP contribution in [-0.2, 0) is 0 Å². The van der Waals surface area contributed by atoms with Crippen molar-refractivity contribution in [2.75, 3.05) is 29.8 Å². The summed E-state index contributed by atoms with van der Waals surface area (Å²) in [6.45, 7) is 2.14. The van der Waals surface area contributed by atoms with Crippen LogP contribution >= 0.6 is 11.9 Å². The highest BCUT2D eigenvalue weighted by Crippen LogP contribution is 2.35. The Labute approximate surface area is 152 Å². The minimum absolute atomic E-state index is 0.245. The first-order valence-electron chi connectivity index (χ1n) is 8.37. The molecule has 0 unspecified atom stereocenters. The normalized spacial score (nSPS) is 14.2. The van der Waals surface area contributed by atoms with Crippen molar-refractivity contribution in [3.63, 3.8) is 0 Å². The smallest absolute Gasteiger partial charge is 0.335 e. The second-order valence-corrected chi connectivity index (χ2v) is 6.79. The van der Waals surface area contributed by atoms with E-state index < -0.39 is 5.97 Å². The Morgan fingerprint density at radius 2 is 1.92 bits per heavy atom. The molecule has 0 saturated carbocycles. The number of aromatic carboxylic acids is 1. The summed E-state index contributed by atoms with van der Waals surface area (Å²) < 4.78 is 8.72. The lowest BCUT2D eigenvalue weighted by molar-refractivity contribution is 0.0696. The lowest BCUT2D eigenvalue weighted by atomic mass is 10.1. The number of nitrogens with one attached hydrogen (secondary N) is 1. The van der Waals surface area contributed by atoms with E-state index in [0.717, 1.165) is 23.7 Å². The van der Waals surface area contributed by atoms with E-state index in [0.29, 0.717) is 5.75 Å². The van der Waals surface area contributed by atoms with Gasteiger partial charge in [-0.15, -0.1) is 0 Å². The van der Waals surface area contributed by atoms with E-state index in [-0.39, 0.29) is 5.56 Å². The fourth-order valence-corrected chi connectivity index (χ4v) is 3.80. The Morgan fingerprint density at radius 1 is 1.16 bits per heavy atom. The van der Waals surface area contributed by atoms with Crippen LogP contribution in [-0.4, -0.2) is 31.3 Å². The zero-order valence-corrected chi connectivity index (χ0v) is 15.0. The second-order valence-electron chi connectivity index (χ2n) is 5.94. The minimum atomic E-state index is -0.946. The van der Waals surface area contributed by atoms with Crippen molar-refractivity contribution >= 4 is 29.3 Å². The molecule has 0 aromatic heterocycles. The van der Waals surface area contributed by atoms with Gasteiger partial charge in [-0.25, -0.2) is 4.79 Å². The third kappa shape index (κ3) is 4.20. The largest absolute Gasteiger partial charge is 0.496 e. The number of carboxylic acid groups (broad SMARTS) is 1. The van der Waals surface area contributed by atoms with Crippen molar-refractivity contribution in [3.05, 3.63) is 48.0 Å². The molecule has 0 spiro atoms. The number of anilines is 2. The Kier molecular flexibility index (Phi) is 5.71. The van der Waals surface area contributed by atoms with E-state index in [1.54, 1.807) is 25.3 Å². The standard InChI is InChI=1S/C19H22N2O3S/c1-24-17-10-9-14(19(22)23)13-18(17)25-20-15-7-3-4-8-16(15)21-11-5-2-6-12-21/h3-4,7-10,13,20H,2,5-6,11-12H2,1H3,(H,22,23).